The molecule has 0 aromatic carbocycles. The first kappa shape index (κ1) is 13.1. The Bertz CT molecular complexity index is 458. The van der Waals surface area contributed by atoms with Crippen LogP contribution in [0.4, 0.5) is 0 Å². The Balaban J connectivity index is 1.41. The molecule has 2 fully saturated rings. The minimum absolute atomic E-state index is 0.110. The second-order valence-electron chi connectivity index (χ2n) is 4.99. The second kappa shape index (κ2) is 5.60. The Morgan fingerprint density at radius 1 is 1.42 bits per heavy atom. The zero-order valence-corrected chi connectivity index (χ0v) is 12.3. The van der Waals surface area contributed by atoms with E-state index in [1.807, 2.05) is 22.0 Å². The maximum absolute atomic E-state index is 11.6. The van der Waals surface area contributed by atoms with E-state index in [1.165, 1.54) is 0 Å². The number of carbonyl (C=O) groups is 1. The first-order valence-electron chi connectivity index (χ1n) is 6.50. The maximum atomic E-state index is 11.6. The van der Waals surface area contributed by atoms with E-state index in [1.54, 1.807) is 0 Å². The van der Waals surface area contributed by atoms with Gasteiger partial charge in [-0.25, -0.2) is 0 Å². The molecule has 0 aliphatic carbocycles. The fraction of sp³-hybridized carbons (Fsp3) is 0.667. The van der Waals surface area contributed by atoms with Crippen molar-refractivity contribution in [2.75, 3.05) is 45.9 Å². The summed E-state index contributed by atoms with van der Waals surface area (Å²) < 4.78 is 8.13. The summed E-state index contributed by atoms with van der Waals surface area (Å²) in [6.45, 7) is 5.38. The predicted octanol–water partition coefficient (Wildman–Crippen LogP) is 0.361. The van der Waals surface area contributed by atoms with Gasteiger partial charge in [-0.1, -0.05) is 0 Å². The summed E-state index contributed by atoms with van der Waals surface area (Å²) in [5.74, 6) is 0.110. The molecule has 3 heterocycles. The van der Waals surface area contributed by atoms with Crippen LogP contribution in [0.15, 0.2) is 16.9 Å². The van der Waals surface area contributed by atoms with Crippen LogP contribution in [-0.2, 0) is 9.53 Å². The van der Waals surface area contributed by atoms with E-state index < -0.39 is 0 Å². The van der Waals surface area contributed by atoms with Crippen LogP contribution in [0.3, 0.4) is 0 Å². The first-order chi connectivity index (χ1) is 9.22. The molecule has 104 valence electrons. The van der Waals surface area contributed by atoms with Crippen molar-refractivity contribution < 1.29 is 9.53 Å². The lowest BCUT2D eigenvalue weighted by Gasteiger charge is -2.40. The number of hydrogen-bond donors (Lipinski definition) is 0. The number of morpholine rings is 1. The monoisotopic (exact) mass is 328 g/mol. The average molecular weight is 329 g/mol. The Morgan fingerprint density at radius 3 is 2.95 bits per heavy atom. The summed E-state index contributed by atoms with van der Waals surface area (Å²) in [5.41, 5.74) is 0. The van der Waals surface area contributed by atoms with Crippen molar-refractivity contribution in [1.82, 2.24) is 19.6 Å². The first-order valence-corrected chi connectivity index (χ1v) is 7.29. The lowest BCUT2D eigenvalue weighted by Crippen LogP contribution is -2.52. The summed E-state index contributed by atoms with van der Waals surface area (Å²) in [5, 5.41) is 4.30. The van der Waals surface area contributed by atoms with Gasteiger partial charge in [-0.05, 0) is 15.9 Å². The fourth-order valence-corrected chi connectivity index (χ4v) is 2.76. The molecular weight excluding hydrogens is 312 g/mol. The van der Waals surface area contributed by atoms with E-state index in [-0.39, 0.29) is 12.5 Å². The van der Waals surface area contributed by atoms with Crippen molar-refractivity contribution in [1.29, 1.82) is 0 Å². The Morgan fingerprint density at radius 2 is 2.26 bits per heavy atom. The Hall–Kier alpha value is -0.920. The average Bonchev–Trinajstić information content (AvgIpc) is 2.76. The summed E-state index contributed by atoms with van der Waals surface area (Å²) in [6.07, 6.45) is 3.82. The van der Waals surface area contributed by atoms with Gasteiger partial charge in [0, 0.05) is 38.9 Å². The molecule has 1 aromatic heterocycles. The zero-order chi connectivity index (χ0) is 13.2. The zero-order valence-electron chi connectivity index (χ0n) is 10.7. The van der Waals surface area contributed by atoms with Crippen LogP contribution in [0.2, 0.25) is 0 Å². The van der Waals surface area contributed by atoms with Gasteiger partial charge in [-0.15, -0.1) is 0 Å². The largest absolute Gasteiger partial charge is 0.370 e. The van der Waals surface area contributed by atoms with Gasteiger partial charge in [-0.2, -0.15) is 5.10 Å². The number of hydrogen-bond acceptors (Lipinski definition) is 4. The third-order valence-electron chi connectivity index (χ3n) is 3.65. The summed E-state index contributed by atoms with van der Waals surface area (Å²) >= 11 is 3.41. The molecule has 7 heteroatoms. The summed E-state index contributed by atoms with van der Waals surface area (Å²) in [7, 11) is 0. The molecular formula is C12H17BrN4O2. The predicted molar refractivity (Wildman–Crippen MR) is 72.8 cm³/mol. The summed E-state index contributed by atoms with van der Waals surface area (Å²) in [4.78, 5) is 15.8. The van der Waals surface area contributed by atoms with E-state index in [0.717, 1.165) is 37.2 Å². The standard InChI is InChI=1S/C12H17BrN4O2/c13-10-5-14-17(6-10)11-7-15(8-11)1-2-16-3-4-19-9-12(16)18/h5-6,11H,1-4,7-9H2. The van der Waals surface area contributed by atoms with Gasteiger partial charge in [0.05, 0.1) is 23.3 Å². The van der Waals surface area contributed by atoms with E-state index in [0.29, 0.717) is 12.6 Å². The van der Waals surface area contributed by atoms with Crippen LogP contribution in [0.5, 0.6) is 0 Å². The van der Waals surface area contributed by atoms with Crippen molar-refractivity contribution in [3.05, 3.63) is 16.9 Å². The van der Waals surface area contributed by atoms with Crippen LogP contribution >= 0.6 is 15.9 Å². The molecule has 1 aromatic rings. The highest BCUT2D eigenvalue weighted by Crippen LogP contribution is 2.21. The van der Waals surface area contributed by atoms with Gasteiger partial charge >= 0.3 is 0 Å². The van der Waals surface area contributed by atoms with Crippen LogP contribution in [0, 0.1) is 0 Å². The number of aromatic nitrogens is 2. The third-order valence-corrected chi connectivity index (χ3v) is 4.06. The van der Waals surface area contributed by atoms with Crippen LogP contribution in [-0.4, -0.2) is 71.4 Å². The molecule has 0 radical (unpaired) electrons. The quantitative estimate of drug-likeness (QED) is 0.801. The molecule has 2 aliphatic rings. The molecule has 0 atom stereocenters. The molecule has 0 spiro atoms. The molecule has 0 N–H and O–H groups in total. The van der Waals surface area contributed by atoms with Crippen molar-refractivity contribution >= 4 is 21.8 Å². The number of carbonyl (C=O) groups excluding carboxylic acids is 1. The van der Waals surface area contributed by atoms with Crippen LogP contribution in [0.1, 0.15) is 6.04 Å². The molecule has 2 aliphatic heterocycles. The Labute approximate surface area is 120 Å². The highest BCUT2D eigenvalue weighted by molar-refractivity contribution is 9.10. The van der Waals surface area contributed by atoms with Crippen molar-refractivity contribution in [2.45, 2.75) is 6.04 Å². The fourth-order valence-electron chi connectivity index (χ4n) is 2.46. The molecule has 6 nitrogen and oxygen atoms in total. The third kappa shape index (κ3) is 2.98. The van der Waals surface area contributed by atoms with Crippen molar-refractivity contribution in [3.63, 3.8) is 0 Å². The minimum atomic E-state index is 0.110. The molecule has 0 bridgehead atoms. The number of amides is 1. The Kier molecular flexibility index (Phi) is 3.86. The molecule has 0 unspecified atom stereocenters. The topological polar surface area (TPSA) is 50.6 Å². The lowest BCUT2D eigenvalue weighted by atomic mass is 10.1. The smallest absolute Gasteiger partial charge is 0.248 e. The molecule has 19 heavy (non-hydrogen) atoms. The van der Waals surface area contributed by atoms with Gasteiger partial charge in [0.2, 0.25) is 5.91 Å². The number of rotatable bonds is 4. The maximum Gasteiger partial charge on any atom is 0.248 e. The number of ether oxygens (including phenoxy) is 1. The highest BCUT2D eigenvalue weighted by atomic mass is 79.9. The van der Waals surface area contributed by atoms with Crippen molar-refractivity contribution in [2.24, 2.45) is 0 Å². The van der Waals surface area contributed by atoms with Gasteiger partial charge in [0.1, 0.15) is 6.61 Å². The van der Waals surface area contributed by atoms with Gasteiger partial charge in [-0.3, -0.25) is 14.4 Å². The van der Waals surface area contributed by atoms with Gasteiger partial charge in [0.25, 0.3) is 0 Å². The molecule has 2 saturated heterocycles. The number of nitrogens with zero attached hydrogens (tertiary/aromatic N) is 4. The van der Waals surface area contributed by atoms with Crippen molar-refractivity contribution in [3.8, 4) is 0 Å². The van der Waals surface area contributed by atoms with Crippen LogP contribution < -0.4 is 0 Å². The minimum Gasteiger partial charge on any atom is -0.370 e. The second-order valence-corrected chi connectivity index (χ2v) is 5.90. The normalized spacial score (nSPS) is 21.7. The molecule has 0 saturated carbocycles. The SMILES string of the molecule is O=C1COCCN1CCN1CC(n2cc(Br)cn2)C1. The highest BCUT2D eigenvalue weighted by Gasteiger charge is 2.29. The van der Waals surface area contributed by atoms with E-state index >= 15 is 0 Å². The summed E-state index contributed by atoms with van der Waals surface area (Å²) in [6, 6.07) is 0.465. The molecule has 1 amide bonds. The number of likely N-dealkylation sites (tertiary alicyclic amines) is 1. The lowest BCUT2D eigenvalue weighted by molar-refractivity contribution is -0.143. The van der Waals surface area contributed by atoms with E-state index in [2.05, 4.69) is 25.9 Å². The number of halogens is 1. The van der Waals surface area contributed by atoms with E-state index in [4.69, 9.17) is 4.74 Å². The molecule has 3 rings (SSSR count). The van der Waals surface area contributed by atoms with Gasteiger partial charge in [0.15, 0.2) is 0 Å². The van der Waals surface area contributed by atoms with E-state index in [9.17, 15) is 4.79 Å². The van der Waals surface area contributed by atoms with Crippen LogP contribution in [0.25, 0.3) is 0 Å². The van der Waals surface area contributed by atoms with Gasteiger partial charge < -0.3 is 9.64 Å².